The summed E-state index contributed by atoms with van der Waals surface area (Å²) in [5.41, 5.74) is 2.26. The predicted molar refractivity (Wildman–Crippen MR) is 113 cm³/mol. The average Bonchev–Trinajstić information content (AvgIpc) is 2.72. The molecule has 3 rings (SSSR count). The zero-order valence-corrected chi connectivity index (χ0v) is 16.4. The molecule has 152 valence electrons. The highest BCUT2D eigenvalue weighted by atomic mass is 16.5. The Hall–Kier alpha value is -3.37. The number of carboxylic acid groups (broad SMARTS) is 1. The summed E-state index contributed by atoms with van der Waals surface area (Å²) in [7, 11) is 3.95. The monoisotopic (exact) mass is 398 g/mol. The number of fused-ring (bicyclic) bond motifs is 1. The number of rotatable bonds is 6. The van der Waals surface area contributed by atoms with Gasteiger partial charge < -0.3 is 30.1 Å². The minimum Gasteiger partial charge on any atom is -0.497 e. The number of ether oxygens (including phenoxy) is 1. The quantitative estimate of drug-likeness (QED) is 0.350. The van der Waals surface area contributed by atoms with Gasteiger partial charge in [0.15, 0.2) is 0 Å². The van der Waals surface area contributed by atoms with E-state index in [0.29, 0.717) is 18.0 Å². The van der Waals surface area contributed by atoms with Crippen LogP contribution in [-0.2, 0) is 11.3 Å². The van der Waals surface area contributed by atoms with Gasteiger partial charge in [-0.1, -0.05) is 24.3 Å². The molecule has 0 amide bonds. The Bertz CT molecular complexity index is 951. The van der Waals surface area contributed by atoms with Gasteiger partial charge in [-0.3, -0.25) is 4.79 Å². The van der Waals surface area contributed by atoms with E-state index in [1.54, 1.807) is 19.2 Å². The number of anilines is 2. The molecule has 0 aliphatic rings. The largest absolute Gasteiger partial charge is 0.497 e. The van der Waals surface area contributed by atoms with E-state index in [1.165, 1.54) is 0 Å². The molecule has 0 saturated heterocycles. The molecule has 0 saturated carbocycles. The molecule has 1 heterocycles. The molecule has 3 aromatic rings. The van der Waals surface area contributed by atoms with E-state index in [4.69, 9.17) is 14.6 Å². The molecule has 29 heavy (non-hydrogen) atoms. The highest BCUT2D eigenvalue weighted by Gasteiger charge is 2.12. The highest BCUT2D eigenvalue weighted by molar-refractivity contribution is 6.58. The van der Waals surface area contributed by atoms with Gasteiger partial charge in [-0.25, -0.2) is 4.98 Å². The third-order valence-electron chi connectivity index (χ3n) is 4.03. The Labute approximate surface area is 168 Å². The summed E-state index contributed by atoms with van der Waals surface area (Å²) in [5, 5.41) is 29.5. The van der Waals surface area contributed by atoms with Crippen molar-refractivity contribution in [1.29, 1.82) is 0 Å². The van der Waals surface area contributed by atoms with E-state index in [-0.39, 0.29) is 6.47 Å². The maximum absolute atomic E-state index is 9.17. The molecule has 0 aliphatic carbocycles. The van der Waals surface area contributed by atoms with Crippen molar-refractivity contribution in [3.8, 4) is 5.75 Å². The van der Waals surface area contributed by atoms with Crippen molar-refractivity contribution in [2.24, 2.45) is 0 Å². The van der Waals surface area contributed by atoms with Crippen molar-refractivity contribution in [1.82, 2.24) is 9.97 Å². The van der Waals surface area contributed by atoms with Crippen LogP contribution in [0.3, 0.4) is 0 Å². The number of nitrogens with zero attached hydrogens (tertiary/aromatic N) is 3. The van der Waals surface area contributed by atoms with Crippen LogP contribution in [-0.4, -0.2) is 59.9 Å². The Kier molecular flexibility index (Phi) is 7.75. The molecule has 0 aliphatic heterocycles. The number of aromatic nitrogens is 2. The molecule has 0 unspecified atom stereocenters. The average molecular weight is 398 g/mol. The Morgan fingerprint density at radius 3 is 2.34 bits per heavy atom. The molecule has 4 N–H and O–H groups in total. The Balaban J connectivity index is 0.000000941. The summed E-state index contributed by atoms with van der Waals surface area (Å²) in [4.78, 5) is 19.4. The molecular formula is C19H23BN4O5. The standard InChI is InChI=1S/C18H21BN4O3.CH2O2/c1-23(2)18-21-16-10-14(26-3)8-9-15(16)17(22-18)20-11-12-4-6-13(7-5-12)19(24)25;2-1-3/h4-10,24-25H,11H2,1-3H3,(H,20,21,22);1H,(H,2,3). The molecule has 0 atom stereocenters. The van der Waals surface area contributed by atoms with E-state index in [0.717, 1.165) is 28.0 Å². The zero-order chi connectivity index (χ0) is 21.4. The predicted octanol–water partition coefficient (Wildman–Crippen LogP) is 0.697. The van der Waals surface area contributed by atoms with Crippen molar-refractivity contribution in [3.63, 3.8) is 0 Å². The fourth-order valence-electron chi connectivity index (χ4n) is 2.55. The molecule has 0 spiro atoms. The minimum atomic E-state index is -1.46. The normalized spacial score (nSPS) is 9.97. The first-order valence-electron chi connectivity index (χ1n) is 8.69. The van der Waals surface area contributed by atoms with Crippen LogP contribution in [0.4, 0.5) is 11.8 Å². The van der Waals surface area contributed by atoms with Gasteiger partial charge in [0.1, 0.15) is 11.6 Å². The Morgan fingerprint density at radius 2 is 1.79 bits per heavy atom. The van der Waals surface area contributed by atoms with Crippen molar-refractivity contribution in [2.75, 3.05) is 31.4 Å². The van der Waals surface area contributed by atoms with Crippen molar-refractivity contribution in [3.05, 3.63) is 48.0 Å². The number of carbonyl (C=O) groups is 1. The lowest BCUT2D eigenvalue weighted by Gasteiger charge is -2.15. The summed E-state index contributed by atoms with van der Waals surface area (Å²) in [6.07, 6.45) is 0. The van der Waals surface area contributed by atoms with Gasteiger partial charge in [-0.15, -0.1) is 0 Å². The third-order valence-corrected chi connectivity index (χ3v) is 4.03. The van der Waals surface area contributed by atoms with Crippen LogP contribution in [0.2, 0.25) is 0 Å². The van der Waals surface area contributed by atoms with Crippen molar-refractivity contribution >= 4 is 41.7 Å². The van der Waals surface area contributed by atoms with E-state index in [2.05, 4.69) is 15.3 Å². The second-order valence-corrected chi connectivity index (χ2v) is 6.22. The van der Waals surface area contributed by atoms with Crippen LogP contribution in [0.25, 0.3) is 10.9 Å². The second-order valence-electron chi connectivity index (χ2n) is 6.22. The van der Waals surface area contributed by atoms with Gasteiger partial charge in [-0.2, -0.15) is 4.98 Å². The summed E-state index contributed by atoms with van der Waals surface area (Å²) in [6.45, 7) is 0.298. The van der Waals surface area contributed by atoms with Crippen LogP contribution in [0, 0.1) is 0 Å². The molecule has 0 bridgehead atoms. The summed E-state index contributed by atoms with van der Waals surface area (Å²) in [6, 6.07) is 12.8. The molecule has 9 nitrogen and oxygen atoms in total. The SMILES string of the molecule is COc1ccc2c(NCc3ccc(B(O)O)cc3)nc(N(C)C)nc2c1.O=CO. The lowest BCUT2D eigenvalue weighted by molar-refractivity contribution is -0.122. The van der Waals surface area contributed by atoms with Gasteiger partial charge in [0.25, 0.3) is 6.47 Å². The smallest absolute Gasteiger partial charge is 0.488 e. The third kappa shape index (κ3) is 5.80. The van der Waals surface area contributed by atoms with Crippen LogP contribution in [0.15, 0.2) is 42.5 Å². The van der Waals surface area contributed by atoms with E-state index < -0.39 is 7.12 Å². The van der Waals surface area contributed by atoms with E-state index in [9.17, 15) is 10.0 Å². The second kappa shape index (κ2) is 10.3. The number of hydrogen-bond acceptors (Lipinski definition) is 8. The molecule has 0 radical (unpaired) electrons. The van der Waals surface area contributed by atoms with Gasteiger partial charge in [0.2, 0.25) is 5.95 Å². The topological polar surface area (TPSA) is 128 Å². The van der Waals surface area contributed by atoms with Crippen molar-refractivity contribution < 1.29 is 24.7 Å². The van der Waals surface area contributed by atoms with Gasteiger partial charge in [0, 0.05) is 32.1 Å². The van der Waals surface area contributed by atoms with E-state index >= 15 is 0 Å². The number of methoxy groups -OCH3 is 1. The van der Waals surface area contributed by atoms with Gasteiger partial charge in [-0.05, 0) is 23.2 Å². The maximum Gasteiger partial charge on any atom is 0.488 e. The van der Waals surface area contributed by atoms with Crippen molar-refractivity contribution in [2.45, 2.75) is 6.54 Å². The summed E-state index contributed by atoms with van der Waals surface area (Å²) >= 11 is 0. The van der Waals surface area contributed by atoms with Crippen LogP contribution >= 0.6 is 0 Å². The minimum absolute atomic E-state index is 0.250. The summed E-state index contributed by atoms with van der Waals surface area (Å²) < 4.78 is 5.29. The number of benzene rings is 2. The fraction of sp³-hybridized carbons (Fsp3) is 0.211. The Morgan fingerprint density at radius 1 is 1.14 bits per heavy atom. The van der Waals surface area contributed by atoms with E-state index in [1.807, 2.05) is 49.3 Å². The fourth-order valence-corrected chi connectivity index (χ4v) is 2.55. The number of hydrogen-bond donors (Lipinski definition) is 4. The van der Waals surface area contributed by atoms with Gasteiger partial charge in [0.05, 0.1) is 12.6 Å². The lowest BCUT2D eigenvalue weighted by atomic mass is 9.80. The molecule has 10 heteroatoms. The van der Waals surface area contributed by atoms with Crippen LogP contribution < -0.4 is 20.4 Å². The molecular weight excluding hydrogens is 375 g/mol. The summed E-state index contributed by atoms with van der Waals surface area (Å²) in [5.74, 6) is 2.07. The molecule has 2 aromatic carbocycles. The lowest BCUT2D eigenvalue weighted by Crippen LogP contribution is -2.29. The van der Waals surface area contributed by atoms with Gasteiger partial charge >= 0.3 is 7.12 Å². The van der Waals surface area contributed by atoms with Crippen LogP contribution in [0.5, 0.6) is 5.75 Å². The number of nitrogens with one attached hydrogen (secondary N) is 1. The first kappa shape index (κ1) is 21.9. The maximum atomic E-state index is 9.17. The first-order chi connectivity index (χ1) is 13.9. The molecule has 0 fully saturated rings. The highest BCUT2D eigenvalue weighted by Crippen LogP contribution is 2.26. The van der Waals surface area contributed by atoms with Crippen LogP contribution in [0.1, 0.15) is 5.56 Å². The molecule has 1 aromatic heterocycles. The first-order valence-corrected chi connectivity index (χ1v) is 8.69. The zero-order valence-electron chi connectivity index (χ0n) is 16.4.